The van der Waals surface area contributed by atoms with Gasteiger partial charge in [-0.15, -0.1) is 0 Å². The number of ether oxygens (including phenoxy) is 1. The molecule has 2 atom stereocenters. The van der Waals surface area contributed by atoms with E-state index in [1.54, 1.807) is 24.3 Å². The molecule has 146 valence electrons. The maximum absolute atomic E-state index is 12.2. The zero-order valence-electron chi connectivity index (χ0n) is 15.9. The molecule has 6 nitrogen and oxygen atoms in total. The van der Waals surface area contributed by atoms with E-state index in [1.165, 1.54) is 13.5 Å². The molecule has 2 rings (SSSR count). The van der Waals surface area contributed by atoms with Gasteiger partial charge in [0.2, 0.25) is 10.0 Å². The van der Waals surface area contributed by atoms with Crippen molar-refractivity contribution in [1.82, 2.24) is 9.62 Å². The lowest BCUT2D eigenvalue weighted by atomic mass is 9.92. The summed E-state index contributed by atoms with van der Waals surface area (Å²) in [7, 11) is -2.07. The van der Waals surface area contributed by atoms with E-state index in [4.69, 9.17) is 0 Å². The summed E-state index contributed by atoms with van der Waals surface area (Å²) in [5.74, 6) is 0.900. The molecule has 7 heteroatoms. The predicted molar refractivity (Wildman–Crippen MR) is 102 cm³/mol. The van der Waals surface area contributed by atoms with Crippen LogP contribution in [-0.4, -0.2) is 52.6 Å². The van der Waals surface area contributed by atoms with Crippen molar-refractivity contribution in [3.63, 3.8) is 0 Å². The third-order valence-electron chi connectivity index (χ3n) is 4.65. The first kappa shape index (κ1) is 20.9. The Labute approximate surface area is 157 Å². The van der Waals surface area contributed by atoms with Gasteiger partial charge in [0, 0.05) is 19.6 Å². The molecule has 1 aliphatic rings. The first-order valence-corrected chi connectivity index (χ1v) is 10.8. The van der Waals surface area contributed by atoms with Crippen LogP contribution in [0.3, 0.4) is 0 Å². The van der Waals surface area contributed by atoms with E-state index in [0.29, 0.717) is 29.5 Å². The fraction of sp³-hybridized carbons (Fsp3) is 0.632. The van der Waals surface area contributed by atoms with Crippen molar-refractivity contribution >= 4 is 16.0 Å². The molecule has 0 aromatic heterocycles. The number of hydrogen-bond acceptors (Lipinski definition) is 5. The van der Waals surface area contributed by atoms with Crippen molar-refractivity contribution in [1.29, 1.82) is 0 Å². The largest absolute Gasteiger partial charge is 0.465 e. The maximum Gasteiger partial charge on any atom is 0.337 e. The molecule has 0 amide bonds. The van der Waals surface area contributed by atoms with Crippen molar-refractivity contribution in [2.24, 2.45) is 11.8 Å². The quantitative estimate of drug-likeness (QED) is 0.551. The molecule has 1 N–H and O–H groups in total. The van der Waals surface area contributed by atoms with Gasteiger partial charge in [-0.3, -0.25) is 0 Å². The minimum Gasteiger partial charge on any atom is -0.465 e. The van der Waals surface area contributed by atoms with Crippen molar-refractivity contribution in [3.05, 3.63) is 35.4 Å². The molecule has 1 heterocycles. The van der Waals surface area contributed by atoms with Crippen molar-refractivity contribution in [2.75, 3.05) is 33.3 Å². The maximum atomic E-state index is 12.2. The van der Waals surface area contributed by atoms with Crippen molar-refractivity contribution < 1.29 is 17.9 Å². The highest BCUT2D eigenvalue weighted by atomic mass is 32.2. The van der Waals surface area contributed by atoms with Gasteiger partial charge >= 0.3 is 5.97 Å². The van der Waals surface area contributed by atoms with Crippen LogP contribution in [0.5, 0.6) is 0 Å². The van der Waals surface area contributed by atoms with E-state index in [1.807, 2.05) is 0 Å². The van der Waals surface area contributed by atoms with Gasteiger partial charge in [0.15, 0.2) is 0 Å². The van der Waals surface area contributed by atoms with E-state index in [0.717, 1.165) is 26.1 Å². The monoisotopic (exact) mass is 382 g/mol. The molecule has 0 unspecified atom stereocenters. The van der Waals surface area contributed by atoms with Crippen LogP contribution in [0.25, 0.3) is 0 Å². The lowest BCUT2D eigenvalue weighted by molar-refractivity contribution is 0.0600. The van der Waals surface area contributed by atoms with Crippen LogP contribution in [0.2, 0.25) is 0 Å². The third-order valence-corrected chi connectivity index (χ3v) is 6.01. The number of carbonyl (C=O) groups is 1. The lowest BCUT2D eigenvalue weighted by Gasteiger charge is -2.34. The Morgan fingerprint density at radius 2 is 1.81 bits per heavy atom. The van der Waals surface area contributed by atoms with Gasteiger partial charge in [0.1, 0.15) is 0 Å². The molecule has 0 bridgehead atoms. The number of benzene rings is 1. The molecule has 1 fully saturated rings. The van der Waals surface area contributed by atoms with Gasteiger partial charge in [-0.1, -0.05) is 26.0 Å². The molecule has 26 heavy (non-hydrogen) atoms. The second kappa shape index (κ2) is 9.48. The molecule has 0 aliphatic carbocycles. The number of nitrogens with one attached hydrogen (secondary N) is 1. The normalized spacial score (nSPS) is 21.5. The predicted octanol–water partition coefficient (Wildman–Crippen LogP) is 2.26. The topological polar surface area (TPSA) is 75.7 Å². The molecular formula is C19H30N2O4S. The van der Waals surface area contributed by atoms with E-state index >= 15 is 0 Å². The second-order valence-corrected chi connectivity index (χ2v) is 9.21. The number of sulfonamides is 1. The number of rotatable bonds is 8. The highest BCUT2D eigenvalue weighted by Gasteiger charge is 2.21. The fourth-order valence-corrected chi connectivity index (χ4v) is 4.82. The Morgan fingerprint density at radius 1 is 1.19 bits per heavy atom. The van der Waals surface area contributed by atoms with Gasteiger partial charge in [0.25, 0.3) is 0 Å². The van der Waals surface area contributed by atoms with Gasteiger partial charge in [-0.2, -0.15) is 0 Å². The lowest BCUT2D eigenvalue weighted by Crippen LogP contribution is -2.40. The summed E-state index contributed by atoms with van der Waals surface area (Å²) in [6.45, 7) is 8.12. The molecule has 1 aromatic carbocycles. The summed E-state index contributed by atoms with van der Waals surface area (Å²) < 4.78 is 31.7. The van der Waals surface area contributed by atoms with Crippen LogP contribution in [0.4, 0.5) is 0 Å². The van der Waals surface area contributed by atoms with Crippen LogP contribution in [0.1, 0.15) is 42.6 Å². The average Bonchev–Trinajstić information content (AvgIpc) is 2.57. The minimum absolute atomic E-state index is 0.0910. The number of piperidine rings is 1. The zero-order chi connectivity index (χ0) is 19.2. The van der Waals surface area contributed by atoms with Crippen LogP contribution >= 0.6 is 0 Å². The van der Waals surface area contributed by atoms with Gasteiger partial charge < -0.3 is 9.64 Å². The van der Waals surface area contributed by atoms with E-state index in [9.17, 15) is 13.2 Å². The van der Waals surface area contributed by atoms with E-state index < -0.39 is 16.0 Å². The van der Waals surface area contributed by atoms with Gasteiger partial charge in [-0.25, -0.2) is 17.9 Å². The Balaban J connectivity index is 1.75. The number of esters is 1. The van der Waals surface area contributed by atoms with Crippen molar-refractivity contribution in [2.45, 2.75) is 32.4 Å². The average molecular weight is 383 g/mol. The number of carbonyl (C=O) groups excluding carboxylic acids is 1. The Morgan fingerprint density at radius 3 is 2.38 bits per heavy atom. The third kappa shape index (κ3) is 6.70. The smallest absolute Gasteiger partial charge is 0.337 e. The Kier molecular flexibility index (Phi) is 7.61. The first-order chi connectivity index (χ1) is 12.3. The van der Waals surface area contributed by atoms with Crippen molar-refractivity contribution in [3.8, 4) is 0 Å². The molecule has 1 saturated heterocycles. The first-order valence-electron chi connectivity index (χ1n) is 9.16. The molecule has 1 aliphatic heterocycles. The minimum atomic E-state index is -3.38. The summed E-state index contributed by atoms with van der Waals surface area (Å²) in [4.78, 5) is 13.8. The highest BCUT2D eigenvalue weighted by molar-refractivity contribution is 7.88. The number of likely N-dealkylation sites (tertiary alicyclic amines) is 1. The second-order valence-electron chi connectivity index (χ2n) is 7.40. The number of hydrogen-bond donors (Lipinski definition) is 1. The SMILES string of the molecule is COC(=O)c1ccc(CS(=O)(=O)NCCCN2C[C@@H](C)C[C@H](C)C2)cc1. The van der Waals surface area contributed by atoms with E-state index in [-0.39, 0.29) is 5.75 Å². The van der Waals surface area contributed by atoms with Crippen LogP contribution < -0.4 is 4.72 Å². The Hall–Kier alpha value is -1.44. The highest BCUT2D eigenvalue weighted by Crippen LogP contribution is 2.20. The summed E-state index contributed by atoms with van der Waals surface area (Å²) in [6, 6.07) is 6.44. The summed E-state index contributed by atoms with van der Waals surface area (Å²) in [5, 5.41) is 0. The molecule has 0 radical (unpaired) electrons. The van der Waals surface area contributed by atoms with Gasteiger partial charge in [-0.05, 0) is 48.9 Å². The molecule has 0 saturated carbocycles. The standard InChI is InChI=1S/C19H30N2O4S/c1-15-11-16(2)13-21(12-15)10-4-9-20-26(23,24)14-17-5-7-18(8-6-17)19(22)25-3/h5-8,15-16,20H,4,9-14H2,1-3H3/t15-,16-/m0/s1. The van der Waals surface area contributed by atoms with E-state index in [2.05, 4.69) is 28.2 Å². The number of methoxy groups -OCH3 is 1. The number of nitrogens with zero attached hydrogens (tertiary/aromatic N) is 1. The molecule has 1 aromatic rings. The molecular weight excluding hydrogens is 352 g/mol. The summed E-state index contributed by atoms with van der Waals surface area (Å²) in [5.41, 5.74) is 1.05. The molecule has 0 spiro atoms. The summed E-state index contributed by atoms with van der Waals surface area (Å²) in [6.07, 6.45) is 2.08. The van der Waals surface area contributed by atoms with Crippen LogP contribution in [-0.2, 0) is 20.5 Å². The zero-order valence-corrected chi connectivity index (χ0v) is 16.7. The van der Waals surface area contributed by atoms with Crippen LogP contribution in [0, 0.1) is 11.8 Å². The van der Waals surface area contributed by atoms with Gasteiger partial charge in [0.05, 0.1) is 18.4 Å². The fourth-order valence-electron chi connectivity index (χ4n) is 3.63. The Bertz CT molecular complexity index is 678. The van der Waals surface area contributed by atoms with Crippen LogP contribution in [0.15, 0.2) is 24.3 Å². The summed E-state index contributed by atoms with van der Waals surface area (Å²) >= 11 is 0.